The van der Waals surface area contributed by atoms with Gasteiger partial charge in [0.05, 0.1) is 22.5 Å². The van der Waals surface area contributed by atoms with Crippen molar-refractivity contribution in [1.82, 2.24) is 20.0 Å². The van der Waals surface area contributed by atoms with Crippen molar-refractivity contribution in [2.45, 2.75) is 11.4 Å². The summed E-state index contributed by atoms with van der Waals surface area (Å²) in [5.74, 6) is 0.156. The van der Waals surface area contributed by atoms with Gasteiger partial charge in [0.15, 0.2) is 0 Å². The van der Waals surface area contributed by atoms with Crippen LogP contribution >= 0.6 is 11.6 Å². The molecule has 2 amide bonds. The first-order chi connectivity index (χ1) is 13.4. The highest BCUT2D eigenvalue weighted by molar-refractivity contribution is 7.89. The molecule has 0 bridgehead atoms. The SMILES string of the molecule is O=C(NCCO)Nc1nc2ccc(S(=O)(=O)NCc3ccccc3Cl)cc2[nH]1. The van der Waals surface area contributed by atoms with Gasteiger partial charge in [0, 0.05) is 18.1 Å². The average Bonchev–Trinajstić information content (AvgIpc) is 3.07. The third-order valence-corrected chi connectivity index (χ3v) is 5.57. The lowest BCUT2D eigenvalue weighted by molar-refractivity contribution is 0.244. The number of amides is 2. The minimum Gasteiger partial charge on any atom is -0.395 e. The molecule has 0 saturated carbocycles. The maximum Gasteiger partial charge on any atom is 0.321 e. The van der Waals surface area contributed by atoms with Crippen LogP contribution in [0.15, 0.2) is 47.4 Å². The Labute approximate surface area is 166 Å². The number of carbonyl (C=O) groups excluding carboxylic acids is 1. The second-order valence-corrected chi connectivity index (χ2v) is 7.96. The number of nitrogens with zero attached hydrogens (tertiary/aromatic N) is 1. The summed E-state index contributed by atoms with van der Waals surface area (Å²) < 4.78 is 27.7. The number of aliphatic hydroxyl groups excluding tert-OH is 1. The van der Waals surface area contributed by atoms with E-state index in [4.69, 9.17) is 16.7 Å². The van der Waals surface area contributed by atoms with Gasteiger partial charge in [-0.25, -0.2) is 22.9 Å². The van der Waals surface area contributed by atoms with Crippen LogP contribution in [0.4, 0.5) is 10.7 Å². The van der Waals surface area contributed by atoms with Gasteiger partial charge in [0.1, 0.15) is 0 Å². The maximum absolute atomic E-state index is 12.6. The molecule has 0 spiro atoms. The zero-order valence-electron chi connectivity index (χ0n) is 14.6. The normalized spacial score (nSPS) is 11.5. The van der Waals surface area contributed by atoms with E-state index < -0.39 is 16.1 Å². The molecule has 0 aliphatic heterocycles. The Kier molecular flexibility index (Phi) is 6.15. The summed E-state index contributed by atoms with van der Waals surface area (Å²) in [7, 11) is -3.78. The van der Waals surface area contributed by atoms with E-state index in [0.717, 1.165) is 0 Å². The quantitative estimate of drug-likeness (QED) is 0.394. The second kappa shape index (κ2) is 8.57. The fourth-order valence-corrected chi connectivity index (χ4v) is 3.67. The number of anilines is 1. The van der Waals surface area contributed by atoms with Crippen molar-refractivity contribution in [2.24, 2.45) is 0 Å². The predicted molar refractivity (Wildman–Crippen MR) is 106 cm³/mol. The number of aliphatic hydroxyl groups is 1. The van der Waals surface area contributed by atoms with Gasteiger partial charge in [0.25, 0.3) is 0 Å². The molecule has 1 heterocycles. The first-order valence-corrected chi connectivity index (χ1v) is 10.1. The van der Waals surface area contributed by atoms with Crippen molar-refractivity contribution in [3.05, 3.63) is 53.1 Å². The molecular weight excluding hydrogens is 406 g/mol. The number of aromatic amines is 1. The maximum atomic E-state index is 12.6. The average molecular weight is 424 g/mol. The molecule has 3 aromatic rings. The van der Waals surface area contributed by atoms with Gasteiger partial charge in [-0.2, -0.15) is 0 Å². The first-order valence-electron chi connectivity index (χ1n) is 8.27. The van der Waals surface area contributed by atoms with Crippen molar-refractivity contribution >= 4 is 44.6 Å². The van der Waals surface area contributed by atoms with E-state index in [0.29, 0.717) is 21.6 Å². The number of imidazole rings is 1. The molecule has 0 atom stereocenters. The second-order valence-electron chi connectivity index (χ2n) is 5.78. The lowest BCUT2D eigenvalue weighted by Crippen LogP contribution is -2.31. The molecule has 1 aromatic heterocycles. The van der Waals surface area contributed by atoms with Crippen molar-refractivity contribution in [1.29, 1.82) is 0 Å². The van der Waals surface area contributed by atoms with Crippen molar-refractivity contribution in [2.75, 3.05) is 18.5 Å². The molecule has 148 valence electrons. The van der Waals surface area contributed by atoms with Crippen LogP contribution in [0.5, 0.6) is 0 Å². The van der Waals surface area contributed by atoms with Crippen LogP contribution in [-0.2, 0) is 16.6 Å². The molecular formula is C17H18ClN5O4S. The standard InChI is InChI=1S/C17H18ClN5O4S/c18-13-4-2-1-3-11(13)10-20-28(26,27)12-5-6-14-15(9-12)22-16(21-14)23-17(25)19-7-8-24/h1-6,9,20,24H,7-8,10H2,(H3,19,21,22,23,25). The summed E-state index contributed by atoms with van der Waals surface area (Å²) >= 11 is 6.05. The third-order valence-electron chi connectivity index (χ3n) is 3.80. The molecule has 0 radical (unpaired) electrons. The van der Waals surface area contributed by atoms with Crippen LogP contribution in [0.25, 0.3) is 11.0 Å². The molecule has 0 fully saturated rings. The minimum atomic E-state index is -3.78. The molecule has 28 heavy (non-hydrogen) atoms. The number of benzene rings is 2. The minimum absolute atomic E-state index is 0.0481. The third kappa shape index (κ3) is 4.78. The summed E-state index contributed by atoms with van der Waals surface area (Å²) in [6, 6.07) is 10.8. The summed E-state index contributed by atoms with van der Waals surface area (Å²) in [5, 5.41) is 14.1. The Morgan fingerprint density at radius 3 is 2.75 bits per heavy atom. The summed E-state index contributed by atoms with van der Waals surface area (Å²) in [5.41, 5.74) is 1.59. The summed E-state index contributed by atoms with van der Waals surface area (Å²) in [6.07, 6.45) is 0. The number of H-pyrrole nitrogens is 1. The Morgan fingerprint density at radius 1 is 1.21 bits per heavy atom. The molecule has 2 aromatic carbocycles. The summed E-state index contributed by atoms with van der Waals surface area (Å²) in [4.78, 5) is 18.7. The van der Waals surface area contributed by atoms with E-state index in [-0.39, 0.29) is 30.5 Å². The zero-order valence-corrected chi connectivity index (χ0v) is 16.1. The van der Waals surface area contributed by atoms with Crippen LogP contribution < -0.4 is 15.4 Å². The van der Waals surface area contributed by atoms with E-state index in [1.165, 1.54) is 18.2 Å². The molecule has 0 saturated heterocycles. The van der Waals surface area contributed by atoms with E-state index in [1.54, 1.807) is 24.3 Å². The van der Waals surface area contributed by atoms with Gasteiger partial charge in [-0.1, -0.05) is 29.8 Å². The van der Waals surface area contributed by atoms with Crippen LogP contribution in [0.1, 0.15) is 5.56 Å². The van der Waals surface area contributed by atoms with Crippen LogP contribution in [0, 0.1) is 0 Å². The smallest absolute Gasteiger partial charge is 0.321 e. The Balaban J connectivity index is 1.75. The number of fused-ring (bicyclic) bond motifs is 1. The highest BCUT2D eigenvalue weighted by atomic mass is 35.5. The molecule has 11 heteroatoms. The number of rotatable bonds is 7. The largest absolute Gasteiger partial charge is 0.395 e. The first kappa shape index (κ1) is 20.1. The molecule has 0 aliphatic rings. The van der Waals surface area contributed by atoms with Crippen molar-refractivity contribution in [3.8, 4) is 0 Å². The van der Waals surface area contributed by atoms with Gasteiger partial charge in [-0.05, 0) is 29.8 Å². The number of urea groups is 1. The highest BCUT2D eigenvalue weighted by Crippen LogP contribution is 2.20. The number of aromatic nitrogens is 2. The van der Waals surface area contributed by atoms with E-state index in [1.807, 2.05) is 0 Å². The lowest BCUT2D eigenvalue weighted by Gasteiger charge is -2.08. The van der Waals surface area contributed by atoms with Crippen LogP contribution in [0.3, 0.4) is 0 Å². The van der Waals surface area contributed by atoms with E-state index in [2.05, 4.69) is 25.3 Å². The lowest BCUT2D eigenvalue weighted by atomic mass is 10.2. The number of hydrogen-bond acceptors (Lipinski definition) is 5. The number of sulfonamides is 1. The van der Waals surface area contributed by atoms with Gasteiger partial charge in [-0.3, -0.25) is 5.32 Å². The molecule has 3 rings (SSSR count). The Morgan fingerprint density at radius 2 is 2.00 bits per heavy atom. The highest BCUT2D eigenvalue weighted by Gasteiger charge is 2.16. The van der Waals surface area contributed by atoms with Gasteiger partial charge < -0.3 is 15.4 Å². The van der Waals surface area contributed by atoms with E-state index in [9.17, 15) is 13.2 Å². The van der Waals surface area contributed by atoms with Crippen LogP contribution in [-0.4, -0.2) is 42.7 Å². The Hall–Kier alpha value is -2.66. The van der Waals surface area contributed by atoms with Crippen LogP contribution in [0.2, 0.25) is 5.02 Å². The number of carbonyl (C=O) groups is 1. The predicted octanol–water partition coefficient (Wildman–Crippen LogP) is 1.81. The fourth-order valence-electron chi connectivity index (χ4n) is 2.43. The number of nitrogens with one attached hydrogen (secondary N) is 4. The number of halogens is 1. The molecule has 9 nitrogen and oxygen atoms in total. The Bertz CT molecular complexity index is 1100. The van der Waals surface area contributed by atoms with Gasteiger partial charge >= 0.3 is 6.03 Å². The molecule has 0 unspecified atom stereocenters. The van der Waals surface area contributed by atoms with Crippen molar-refractivity contribution < 1.29 is 18.3 Å². The van der Waals surface area contributed by atoms with E-state index >= 15 is 0 Å². The van der Waals surface area contributed by atoms with Gasteiger partial charge in [0.2, 0.25) is 16.0 Å². The molecule has 5 N–H and O–H groups in total. The number of hydrogen-bond donors (Lipinski definition) is 5. The molecule has 0 aliphatic carbocycles. The van der Waals surface area contributed by atoms with Crippen molar-refractivity contribution in [3.63, 3.8) is 0 Å². The summed E-state index contributed by atoms with van der Waals surface area (Å²) in [6.45, 7) is -0.0254. The van der Waals surface area contributed by atoms with Gasteiger partial charge in [-0.15, -0.1) is 0 Å². The topological polar surface area (TPSA) is 136 Å². The monoisotopic (exact) mass is 423 g/mol. The fraction of sp³-hybridized carbons (Fsp3) is 0.176. The zero-order chi connectivity index (χ0) is 20.1.